The highest BCUT2D eigenvalue weighted by atomic mass is 16.6. The van der Waals surface area contributed by atoms with E-state index in [0.717, 1.165) is 16.0 Å². The monoisotopic (exact) mass is 395 g/mol. The Hall–Kier alpha value is -3.29. The fraction of sp³-hybridized carbons (Fsp3) is 0.381. The molecule has 3 atom stereocenters. The fourth-order valence-electron chi connectivity index (χ4n) is 3.70. The van der Waals surface area contributed by atoms with Crippen molar-refractivity contribution in [3.63, 3.8) is 0 Å². The molecule has 0 bridgehead atoms. The molecule has 2 heterocycles. The Morgan fingerprint density at radius 3 is 2.41 bits per heavy atom. The van der Waals surface area contributed by atoms with Crippen molar-refractivity contribution in [3.8, 4) is 11.4 Å². The summed E-state index contributed by atoms with van der Waals surface area (Å²) >= 11 is 0. The van der Waals surface area contributed by atoms with Crippen LogP contribution in [-0.4, -0.2) is 38.9 Å². The van der Waals surface area contributed by atoms with Crippen molar-refractivity contribution in [1.82, 2.24) is 15.0 Å². The lowest BCUT2D eigenvalue weighted by Crippen LogP contribution is -2.44. The van der Waals surface area contributed by atoms with E-state index in [-0.39, 0.29) is 36.1 Å². The van der Waals surface area contributed by atoms with Crippen LogP contribution in [-0.2, 0) is 25.7 Å². The first-order valence-electron chi connectivity index (χ1n) is 9.54. The molecule has 0 saturated carbocycles. The zero-order chi connectivity index (χ0) is 20.5. The van der Waals surface area contributed by atoms with E-state index in [1.54, 1.807) is 0 Å². The molecule has 8 heteroatoms. The van der Waals surface area contributed by atoms with Crippen LogP contribution in [0.25, 0.3) is 11.4 Å². The normalized spacial score (nSPS) is 21.9. The number of hydrogen-bond donors (Lipinski definition) is 0. The molecule has 1 aliphatic heterocycles. The largest absolute Gasteiger partial charge is 0.454 e. The Bertz CT molecular complexity index is 952. The van der Waals surface area contributed by atoms with Gasteiger partial charge >= 0.3 is 5.97 Å². The summed E-state index contributed by atoms with van der Waals surface area (Å²) in [5.41, 5.74) is 1.90. The Morgan fingerprint density at radius 1 is 1.17 bits per heavy atom. The third kappa shape index (κ3) is 3.57. The lowest BCUT2D eigenvalue weighted by atomic mass is 9.85. The predicted molar refractivity (Wildman–Crippen MR) is 101 cm³/mol. The summed E-state index contributed by atoms with van der Waals surface area (Å²) in [6.45, 7) is 3.24. The molecule has 0 N–H and O–H groups in total. The van der Waals surface area contributed by atoms with Gasteiger partial charge in [-0.15, -0.1) is 0 Å². The molecule has 2 aromatic rings. The molecule has 0 unspecified atom stereocenters. The molecule has 0 radical (unpaired) electrons. The molecular formula is C21H21N3O5. The van der Waals surface area contributed by atoms with Crippen LogP contribution in [0.3, 0.4) is 0 Å². The number of amides is 2. The Kier molecular flexibility index (Phi) is 5.00. The fourth-order valence-corrected chi connectivity index (χ4v) is 3.70. The van der Waals surface area contributed by atoms with E-state index in [9.17, 15) is 14.4 Å². The highest BCUT2D eigenvalue weighted by Gasteiger charge is 2.50. The molecule has 29 heavy (non-hydrogen) atoms. The topological polar surface area (TPSA) is 103 Å². The Balaban J connectivity index is 1.38. The van der Waals surface area contributed by atoms with Gasteiger partial charge in [-0.05, 0) is 26.7 Å². The summed E-state index contributed by atoms with van der Waals surface area (Å²) in [4.78, 5) is 42.8. The summed E-state index contributed by atoms with van der Waals surface area (Å²) < 4.78 is 10.4. The number of likely N-dealkylation sites (tertiary alicyclic amines) is 1. The molecule has 4 rings (SSSR count). The highest BCUT2D eigenvalue weighted by Crippen LogP contribution is 2.36. The molecule has 2 aliphatic rings. The van der Waals surface area contributed by atoms with Crippen LogP contribution in [0.4, 0.5) is 0 Å². The standard InChI is InChI=1S/C21H21N3O5/c1-12-7-9-14(10-8-12)18-22-17(29-23-18)11-28-21(27)13(2)24-19(25)15-5-3-4-6-16(15)20(24)26/h3-4,7-10,13,15-16H,5-6,11H2,1-2H3/t13-,15-,16+/m0/s1. The van der Waals surface area contributed by atoms with Crippen LogP contribution in [0.1, 0.15) is 31.2 Å². The van der Waals surface area contributed by atoms with E-state index in [1.807, 2.05) is 43.3 Å². The van der Waals surface area contributed by atoms with E-state index in [2.05, 4.69) is 10.1 Å². The van der Waals surface area contributed by atoms with Gasteiger partial charge in [-0.3, -0.25) is 14.5 Å². The first kappa shape index (κ1) is 19.0. The number of carbonyl (C=O) groups excluding carboxylic acids is 3. The van der Waals surface area contributed by atoms with Crippen LogP contribution < -0.4 is 0 Å². The number of ether oxygens (including phenoxy) is 1. The maximum absolute atomic E-state index is 12.6. The van der Waals surface area contributed by atoms with Crippen molar-refractivity contribution < 1.29 is 23.6 Å². The lowest BCUT2D eigenvalue weighted by Gasteiger charge is -2.21. The zero-order valence-electron chi connectivity index (χ0n) is 16.2. The maximum Gasteiger partial charge on any atom is 0.329 e. The molecule has 0 spiro atoms. The minimum Gasteiger partial charge on any atom is -0.454 e. The molecule has 1 fully saturated rings. The van der Waals surface area contributed by atoms with Gasteiger partial charge in [-0.2, -0.15) is 4.98 Å². The molecule has 1 aromatic heterocycles. The van der Waals surface area contributed by atoms with Crippen LogP contribution in [0.15, 0.2) is 40.9 Å². The minimum atomic E-state index is -1.000. The molecule has 150 valence electrons. The van der Waals surface area contributed by atoms with E-state index in [1.165, 1.54) is 6.92 Å². The number of allylic oxidation sites excluding steroid dienone is 2. The Morgan fingerprint density at radius 2 is 1.79 bits per heavy atom. The number of benzene rings is 1. The average molecular weight is 395 g/mol. The smallest absolute Gasteiger partial charge is 0.329 e. The minimum absolute atomic E-state index is 0.137. The number of carbonyl (C=O) groups is 3. The highest BCUT2D eigenvalue weighted by molar-refractivity contribution is 6.08. The average Bonchev–Trinajstić information content (AvgIpc) is 3.30. The van der Waals surface area contributed by atoms with E-state index < -0.39 is 12.0 Å². The zero-order valence-corrected chi connectivity index (χ0v) is 16.2. The van der Waals surface area contributed by atoms with Gasteiger partial charge in [-0.1, -0.05) is 47.1 Å². The van der Waals surface area contributed by atoms with Gasteiger partial charge in [0.2, 0.25) is 17.6 Å². The number of aromatic nitrogens is 2. The summed E-state index contributed by atoms with van der Waals surface area (Å²) in [6, 6.07) is 6.61. The van der Waals surface area contributed by atoms with Crippen molar-refractivity contribution in [2.45, 2.75) is 39.3 Å². The van der Waals surface area contributed by atoms with Gasteiger partial charge in [0.05, 0.1) is 11.8 Å². The second-order valence-electron chi connectivity index (χ2n) is 7.36. The number of esters is 1. The molecule has 2 amide bonds. The van der Waals surface area contributed by atoms with Gasteiger partial charge in [0.1, 0.15) is 6.04 Å². The quantitative estimate of drug-likeness (QED) is 0.435. The number of rotatable bonds is 5. The van der Waals surface area contributed by atoms with Crippen LogP contribution >= 0.6 is 0 Å². The summed E-state index contributed by atoms with van der Waals surface area (Å²) in [5.74, 6) is -1.54. The number of hydrogen-bond acceptors (Lipinski definition) is 7. The summed E-state index contributed by atoms with van der Waals surface area (Å²) in [7, 11) is 0. The first-order valence-corrected chi connectivity index (χ1v) is 9.54. The number of aryl methyl sites for hydroxylation is 1. The van der Waals surface area contributed by atoms with Crippen molar-refractivity contribution in [2.75, 3.05) is 0 Å². The third-order valence-corrected chi connectivity index (χ3v) is 5.39. The predicted octanol–water partition coefficient (Wildman–Crippen LogP) is 2.43. The van der Waals surface area contributed by atoms with E-state index in [4.69, 9.17) is 9.26 Å². The first-order chi connectivity index (χ1) is 14.0. The van der Waals surface area contributed by atoms with Crippen LogP contribution in [0, 0.1) is 18.8 Å². The lowest BCUT2D eigenvalue weighted by molar-refractivity contribution is -0.159. The SMILES string of the molecule is Cc1ccc(-c2noc(COC(=O)[C@H](C)N3C(=O)[C@H]4CC=CC[C@H]4C3=O)n2)cc1. The Labute approximate surface area is 167 Å². The van der Waals surface area contributed by atoms with Crippen molar-refractivity contribution in [1.29, 1.82) is 0 Å². The van der Waals surface area contributed by atoms with E-state index >= 15 is 0 Å². The molecule has 8 nitrogen and oxygen atoms in total. The molecule has 1 aromatic carbocycles. The van der Waals surface area contributed by atoms with Gasteiger partial charge in [-0.25, -0.2) is 4.79 Å². The van der Waals surface area contributed by atoms with Gasteiger partial charge < -0.3 is 9.26 Å². The second kappa shape index (κ2) is 7.62. The van der Waals surface area contributed by atoms with Crippen molar-refractivity contribution in [2.24, 2.45) is 11.8 Å². The van der Waals surface area contributed by atoms with E-state index in [0.29, 0.717) is 18.7 Å². The number of fused-ring (bicyclic) bond motifs is 1. The van der Waals surface area contributed by atoms with Crippen molar-refractivity contribution >= 4 is 17.8 Å². The summed E-state index contributed by atoms with van der Waals surface area (Å²) in [5, 5.41) is 3.89. The van der Waals surface area contributed by atoms with Crippen LogP contribution in [0.2, 0.25) is 0 Å². The number of nitrogens with zero attached hydrogens (tertiary/aromatic N) is 3. The number of imide groups is 1. The molecule has 1 aliphatic carbocycles. The molecular weight excluding hydrogens is 374 g/mol. The maximum atomic E-state index is 12.6. The van der Waals surface area contributed by atoms with Gasteiger partial charge in [0, 0.05) is 5.56 Å². The van der Waals surface area contributed by atoms with Gasteiger partial charge in [0.25, 0.3) is 5.89 Å². The van der Waals surface area contributed by atoms with Crippen molar-refractivity contribution in [3.05, 3.63) is 47.9 Å². The second-order valence-corrected chi connectivity index (χ2v) is 7.36. The van der Waals surface area contributed by atoms with Gasteiger partial charge in [0.15, 0.2) is 6.61 Å². The summed E-state index contributed by atoms with van der Waals surface area (Å²) in [6.07, 6.45) is 4.86. The third-order valence-electron chi connectivity index (χ3n) is 5.39. The van der Waals surface area contributed by atoms with Crippen LogP contribution in [0.5, 0.6) is 0 Å². The molecule has 1 saturated heterocycles.